The molecule has 2 aromatic carbocycles. The molecule has 4 nitrogen and oxygen atoms in total. The zero-order chi connectivity index (χ0) is 17.1. The summed E-state index contributed by atoms with van der Waals surface area (Å²) >= 11 is 3.28. The van der Waals surface area contributed by atoms with Crippen molar-refractivity contribution in [2.45, 2.75) is 0 Å². The van der Waals surface area contributed by atoms with E-state index in [0.717, 1.165) is 0 Å². The number of rotatable bonds is 2. The minimum atomic E-state index is -0.445. The van der Waals surface area contributed by atoms with Gasteiger partial charge in [0.25, 0.3) is 11.8 Å². The van der Waals surface area contributed by atoms with Crippen LogP contribution in [-0.4, -0.2) is 47.8 Å². The zero-order valence-electron chi connectivity index (χ0n) is 12.9. The van der Waals surface area contributed by atoms with Crippen LogP contribution >= 0.6 is 15.9 Å². The lowest BCUT2D eigenvalue weighted by Gasteiger charge is -2.35. The number of hydrogen-bond acceptors (Lipinski definition) is 2. The standard InChI is InChI=1S/C18H16BrFN2O2/c19-16-7-6-14(20)12-15(16)18(24)22-10-8-21(9-11-22)17(23)13-4-2-1-3-5-13/h1-7,12H,8-11H2. The van der Waals surface area contributed by atoms with Crippen LogP contribution in [0, 0.1) is 5.82 Å². The van der Waals surface area contributed by atoms with Gasteiger partial charge in [-0.2, -0.15) is 0 Å². The number of benzene rings is 2. The molecule has 0 spiro atoms. The van der Waals surface area contributed by atoms with Gasteiger partial charge < -0.3 is 9.80 Å². The van der Waals surface area contributed by atoms with E-state index >= 15 is 0 Å². The molecule has 0 radical (unpaired) electrons. The van der Waals surface area contributed by atoms with Crippen molar-refractivity contribution in [3.8, 4) is 0 Å². The summed E-state index contributed by atoms with van der Waals surface area (Å²) in [5, 5.41) is 0. The maximum atomic E-state index is 13.4. The fourth-order valence-corrected chi connectivity index (χ4v) is 3.12. The molecule has 2 amide bonds. The van der Waals surface area contributed by atoms with Gasteiger partial charge in [0.05, 0.1) is 5.56 Å². The molecule has 1 fully saturated rings. The molecule has 2 aromatic rings. The maximum Gasteiger partial charge on any atom is 0.255 e. The second-order valence-corrected chi connectivity index (χ2v) is 6.43. The monoisotopic (exact) mass is 390 g/mol. The average Bonchev–Trinajstić information content (AvgIpc) is 2.63. The predicted molar refractivity (Wildman–Crippen MR) is 92.3 cm³/mol. The lowest BCUT2D eigenvalue weighted by molar-refractivity contribution is 0.0535. The molecule has 0 saturated carbocycles. The fraction of sp³-hybridized carbons (Fsp3) is 0.222. The Labute approximate surface area is 148 Å². The Hall–Kier alpha value is -2.21. The van der Waals surface area contributed by atoms with Crippen molar-refractivity contribution in [2.75, 3.05) is 26.2 Å². The smallest absolute Gasteiger partial charge is 0.255 e. The van der Waals surface area contributed by atoms with Crippen LogP contribution in [0.15, 0.2) is 53.0 Å². The Morgan fingerprint density at radius 2 is 1.46 bits per heavy atom. The summed E-state index contributed by atoms with van der Waals surface area (Å²) in [7, 11) is 0. The highest BCUT2D eigenvalue weighted by molar-refractivity contribution is 9.10. The molecule has 124 valence electrons. The minimum absolute atomic E-state index is 0.0327. The van der Waals surface area contributed by atoms with E-state index in [2.05, 4.69) is 15.9 Å². The van der Waals surface area contributed by atoms with E-state index in [0.29, 0.717) is 41.8 Å². The first-order valence-corrected chi connectivity index (χ1v) is 8.44. The van der Waals surface area contributed by atoms with Crippen molar-refractivity contribution < 1.29 is 14.0 Å². The van der Waals surface area contributed by atoms with Crippen molar-refractivity contribution in [1.29, 1.82) is 0 Å². The molecule has 0 aromatic heterocycles. The van der Waals surface area contributed by atoms with Crippen LogP contribution in [0.4, 0.5) is 4.39 Å². The van der Waals surface area contributed by atoms with Gasteiger partial charge in [-0.15, -0.1) is 0 Å². The number of carbonyl (C=O) groups is 2. The molecule has 0 atom stereocenters. The van der Waals surface area contributed by atoms with Crippen molar-refractivity contribution in [3.63, 3.8) is 0 Å². The average molecular weight is 391 g/mol. The van der Waals surface area contributed by atoms with Gasteiger partial charge in [-0.3, -0.25) is 9.59 Å². The summed E-state index contributed by atoms with van der Waals surface area (Å²) in [6.07, 6.45) is 0. The molecule has 0 bridgehead atoms. The van der Waals surface area contributed by atoms with Gasteiger partial charge in [0.1, 0.15) is 5.82 Å². The summed E-state index contributed by atoms with van der Waals surface area (Å²) in [5.41, 5.74) is 0.947. The van der Waals surface area contributed by atoms with Gasteiger partial charge >= 0.3 is 0 Å². The first-order valence-electron chi connectivity index (χ1n) is 7.65. The molecular weight excluding hydrogens is 375 g/mol. The molecule has 0 N–H and O–H groups in total. The zero-order valence-corrected chi connectivity index (χ0v) is 14.5. The highest BCUT2D eigenvalue weighted by atomic mass is 79.9. The maximum absolute atomic E-state index is 13.4. The van der Waals surface area contributed by atoms with Crippen molar-refractivity contribution in [2.24, 2.45) is 0 Å². The third-order valence-electron chi connectivity index (χ3n) is 4.03. The molecule has 3 rings (SSSR count). The number of piperazine rings is 1. The second kappa shape index (κ2) is 7.13. The van der Waals surface area contributed by atoms with Crippen LogP contribution in [0.3, 0.4) is 0 Å². The summed E-state index contributed by atoms with van der Waals surface area (Å²) in [5.74, 6) is -0.706. The van der Waals surface area contributed by atoms with E-state index in [1.807, 2.05) is 18.2 Å². The van der Waals surface area contributed by atoms with E-state index in [9.17, 15) is 14.0 Å². The molecule has 6 heteroatoms. The third-order valence-corrected chi connectivity index (χ3v) is 4.73. The van der Waals surface area contributed by atoms with E-state index in [1.54, 1.807) is 21.9 Å². The lowest BCUT2D eigenvalue weighted by Crippen LogP contribution is -2.50. The minimum Gasteiger partial charge on any atom is -0.335 e. The van der Waals surface area contributed by atoms with Crippen LogP contribution in [-0.2, 0) is 0 Å². The first kappa shape index (κ1) is 16.6. The van der Waals surface area contributed by atoms with Gasteiger partial charge in [-0.1, -0.05) is 18.2 Å². The van der Waals surface area contributed by atoms with E-state index in [4.69, 9.17) is 0 Å². The van der Waals surface area contributed by atoms with Crippen LogP contribution < -0.4 is 0 Å². The first-order chi connectivity index (χ1) is 11.6. The van der Waals surface area contributed by atoms with E-state index < -0.39 is 5.82 Å². The van der Waals surface area contributed by atoms with E-state index in [-0.39, 0.29) is 11.8 Å². The third kappa shape index (κ3) is 3.48. The number of carbonyl (C=O) groups excluding carboxylic acids is 2. The molecule has 24 heavy (non-hydrogen) atoms. The molecular formula is C18H16BrFN2O2. The Kier molecular flexibility index (Phi) is 4.94. The number of halogens is 2. The van der Waals surface area contributed by atoms with Crippen molar-refractivity contribution in [3.05, 3.63) is 69.9 Å². The van der Waals surface area contributed by atoms with Crippen molar-refractivity contribution >= 4 is 27.7 Å². The fourth-order valence-electron chi connectivity index (χ4n) is 2.71. The van der Waals surface area contributed by atoms with Gasteiger partial charge in [-0.25, -0.2) is 4.39 Å². The van der Waals surface area contributed by atoms with Gasteiger partial charge in [0, 0.05) is 36.2 Å². The summed E-state index contributed by atoms with van der Waals surface area (Å²) in [6.45, 7) is 1.79. The Morgan fingerprint density at radius 3 is 2.08 bits per heavy atom. The normalized spacial score (nSPS) is 14.6. The largest absolute Gasteiger partial charge is 0.335 e. The van der Waals surface area contributed by atoms with Crippen LogP contribution in [0.2, 0.25) is 0 Å². The highest BCUT2D eigenvalue weighted by Gasteiger charge is 2.26. The molecule has 0 aliphatic carbocycles. The Morgan fingerprint density at radius 1 is 0.875 bits per heavy atom. The molecule has 1 aliphatic heterocycles. The Balaban J connectivity index is 1.66. The van der Waals surface area contributed by atoms with Crippen molar-refractivity contribution in [1.82, 2.24) is 9.80 Å². The Bertz CT molecular complexity index is 759. The quantitative estimate of drug-likeness (QED) is 0.789. The molecule has 1 heterocycles. The SMILES string of the molecule is O=C(c1ccccc1)N1CCN(C(=O)c2cc(F)ccc2Br)CC1. The van der Waals surface area contributed by atoms with E-state index in [1.165, 1.54) is 18.2 Å². The predicted octanol–water partition coefficient (Wildman–Crippen LogP) is 3.19. The number of hydrogen-bond donors (Lipinski definition) is 0. The topological polar surface area (TPSA) is 40.6 Å². The lowest BCUT2D eigenvalue weighted by atomic mass is 10.1. The van der Waals surface area contributed by atoms with Gasteiger partial charge in [0.2, 0.25) is 0 Å². The number of nitrogens with zero attached hydrogens (tertiary/aromatic N) is 2. The number of amides is 2. The molecule has 0 unspecified atom stereocenters. The van der Waals surface area contributed by atoms with Gasteiger partial charge in [0.15, 0.2) is 0 Å². The van der Waals surface area contributed by atoms with Gasteiger partial charge in [-0.05, 0) is 46.3 Å². The second-order valence-electron chi connectivity index (χ2n) is 5.57. The summed E-state index contributed by atoms with van der Waals surface area (Å²) in [6, 6.07) is 13.1. The summed E-state index contributed by atoms with van der Waals surface area (Å²) < 4.78 is 14.0. The van der Waals surface area contributed by atoms with Crippen LogP contribution in [0.1, 0.15) is 20.7 Å². The molecule has 1 aliphatic rings. The van der Waals surface area contributed by atoms with Crippen LogP contribution in [0.5, 0.6) is 0 Å². The summed E-state index contributed by atoms with van der Waals surface area (Å²) in [4.78, 5) is 28.3. The molecule has 1 saturated heterocycles. The van der Waals surface area contributed by atoms with Crippen LogP contribution in [0.25, 0.3) is 0 Å². The highest BCUT2D eigenvalue weighted by Crippen LogP contribution is 2.20.